The Morgan fingerprint density at radius 1 is 1.15 bits per heavy atom. The standard InChI is InChI=1S/C17H14BrCl2N3O2S/c1-2-11-9-12(18)3-8-15(11)26(24,25)22-13-4-6-14(7-5-13)23-10-21-16(19)17(23)20/h3-10,22H,2H2,1H3. The molecule has 1 N–H and O–H groups in total. The molecule has 0 bridgehead atoms. The van der Waals surface area contributed by atoms with Crippen molar-refractivity contribution in [3.05, 3.63) is 69.1 Å². The molecule has 0 fully saturated rings. The quantitative estimate of drug-likeness (QED) is 0.545. The third-order valence-corrected chi connectivity index (χ3v) is 6.47. The zero-order chi connectivity index (χ0) is 18.9. The van der Waals surface area contributed by atoms with E-state index in [0.29, 0.717) is 17.3 Å². The van der Waals surface area contributed by atoms with E-state index in [1.54, 1.807) is 41.0 Å². The summed E-state index contributed by atoms with van der Waals surface area (Å²) >= 11 is 15.3. The molecule has 0 aliphatic carbocycles. The average Bonchev–Trinajstić information content (AvgIpc) is 2.94. The Morgan fingerprint density at radius 3 is 2.42 bits per heavy atom. The van der Waals surface area contributed by atoms with Crippen LogP contribution in [0.25, 0.3) is 5.69 Å². The predicted molar refractivity (Wildman–Crippen MR) is 108 cm³/mol. The number of hydrogen-bond acceptors (Lipinski definition) is 3. The number of nitrogens with zero attached hydrogens (tertiary/aromatic N) is 2. The van der Waals surface area contributed by atoms with Crippen LogP contribution < -0.4 is 4.72 Å². The van der Waals surface area contributed by atoms with Crippen molar-refractivity contribution in [3.8, 4) is 5.69 Å². The molecule has 5 nitrogen and oxygen atoms in total. The SMILES string of the molecule is CCc1cc(Br)ccc1S(=O)(=O)Nc1ccc(-n2cnc(Cl)c2Cl)cc1. The van der Waals surface area contributed by atoms with Gasteiger partial charge in [0.25, 0.3) is 10.0 Å². The largest absolute Gasteiger partial charge is 0.288 e. The lowest BCUT2D eigenvalue weighted by molar-refractivity contribution is 0.600. The second-order valence-corrected chi connectivity index (χ2v) is 8.74. The minimum Gasteiger partial charge on any atom is -0.288 e. The van der Waals surface area contributed by atoms with Crippen LogP contribution in [0, 0.1) is 0 Å². The molecule has 0 radical (unpaired) electrons. The van der Waals surface area contributed by atoms with Gasteiger partial charge in [0.1, 0.15) is 6.33 Å². The van der Waals surface area contributed by atoms with Crippen molar-refractivity contribution in [1.29, 1.82) is 0 Å². The molecule has 0 amide bonds. The number of aryl methyl sites for hydroxylation is 1. The summed E-state index contributed by atoms with van der Waals surface area (Å²) in [4.78, 5) is 4.18. The van der Waals surface area contributed by atoms with Crippen LogP contribution in [0.5, 0.6) is 0 Å². The van der Waals surface area contributed by atoms with E-state index < -0.39 is 10.0 Å². The summed E-state index contributed by atoms with van der Waals surface area (Å²) in [6.45, 7) is 1.91. The molecule has 1 heterocycles. The summed E-state index contributed by atoms with van der Waals surface area (Å²) in [7, 11) is -3.69. The third-order valence-electron chi connectivity index (χ3n) is 3.76. The van der Waals surface area contributed by atoms with Crippen LogP contribution in [-0.2, 0) is 16.4 Å². The number of aromatic nitrogens is 2. The van der Waals surface area contributed by atoms with Gasteiger partial charge in [-0.3, -0.25) is 9.29 Å². The number of sulfonamides is 1. The number of halogens is 3. The molecule has 9 heteroatoms. The number of nitrogens with one attached hydrogen (secondary N) is 1. The van der Waals surface area contributed by atoms with Gasteiger partial charge in [-0.25, -0.2) is 13.4 Å². The highest BCUT2D eigenvalue weighted by Gasteiger charge is 2.18. The molecule has 0 saturated carbocycles. The molecule has 1 aromatic heterocycles. The van der Waals surface area contributed by atoms with E-state index >= 15 is 0 Å². The molecular formula is C17H14BrCl2N3O2S. The van der Waals surface area contributed by atoms with Gasteiger partial charge in [-0.15, -0.1) is 0 Å². The van der Waals surface area contributed by atoms with E-state index in [4.69, 9.17) is 23.2 Å². The fourth-order valence-electron chi connectivity index (χ4n) is 2.48. The zero-order valence-corrected chi connectivity index (χ0v) is 17.5. The van der Waals surface area contributed by atoms with Gasteiger partial charge in [-0.2, -0.15) is 0 Å². The first-order valence-corrected chi connectivity index (χ1v) is 10.6. The third kappa shape index (κ3) is 3.91. The second kappa shape index (κ2) is 7.60. The number of imidazole rings is 1. The summed E-state index contributed by atoms with van der Waals surface area (Å²) in [6.07, 6.45) is 2.10. The molecule has 0 saturated heterocycles. The zero-order valence-electron chi connectivity index (χ0n) is 13.6. The lowest BCUT2D eigenvalue weighted by Gasteiger charge is -2.12. The van der Waals surface area contributed by atoms with Gasteiger partial charge >= 0.3 is 0 Å². The maximum absolute atomic E-state index is 12.7. The fourth-order valence-corrected chi connectivity index (χ4v) is 4.56. The van der Waals surface area contributed by atoms with E-state index in [2.05, 4.69) is 25.6 Å². The number of benzene rings is 2. The van der Waals surface area contributed by atoms with Crippen molar-refractivity contribution in [2.45, 2.75) is 18.2 Å². The van der Waals surface area contributed by atoms with Crippen LogP contribution in [0.3, 0.4) is 0 Å². The van der Waals surface area contributed by atoms with E-state index in [9.17, 15) is 8.42 Å². The molecule has 0 aliphatic rings. The molecule has 26 heavy (non-hydrogen) atoms. The van der Waals surface area contributed by atoms with Crippen LogP contribution in [0.2, 0.25) is 10.3 Å². The highest BCUT2D eigenvalue weighted by molar-refractivity contribution is 9.10. The topological polar surface area (TPSA) is 64.0 Å². The number of hydrogen-bond donors (Lipinski definition) is 1. The van der Waals surface area contributed by atoms with Gasteiger partial charge in [0.2, 0.25) is 0 Å². The summed E-state index contributed by atoms with van der Waals surface area (Å²) in [6, 6.07) is 11.9. The predicted octanol–water partition coefficient (Wildman–Crippen LogP) is 5.30. The van der Waals surface area contributed by atoms with Gasteiger partial charge in [0.15, 0.2) is 10.3 Å². The van der Waals surface area contributed by atoms with Gasteiger partial charge in [0.05, 0.1) is 4.90 Å². The monoisotopic (exact) mass is 473 g/mol. The minimum atomic E-state index is -3.69. The first-order valence-electron chi connectivity index (χ1n) is 7.62. The normalized spacial score (nSPS) is 11.5. The molecule has 0 aliphatic heterocycles. The molecule has 2 aromatic carbocycles. The molecule has 0 unspecified atom stereocenters. The van der Waals surface area contributed by atoms with Gasteiger partial charge in [-0.05, 0) is 54.4 Å². The van der Waals surface area contributed by atoms with Crippen LogP contribution in [0.1, 0.15) is 12.5 Å². The van der Waals surface area contributed by atoms with E-state index in [-0.39, 0.29) is 10.0 Å². The molecule has 136 valence electrons. The van der Waals surface area contributed by atoms with Gasteiger partial charge in [0, 0.05) is 15.8 Å². The van der Waals surface area contributed by atoms with Gasteiger partial charge < -0.3 is 0 Å². The maximum atomic E-state index is 12.7. The van der Waals surface area contributed by atoms with Crippen LogP contribution in [0.4, 0.5) is 5.69 Å². The van der Waals surface area contributed by atoms with Crippen LogP contribution in [-0.4, -0.2) is 18.0 Å². The summed E-state index contributed by atoms with van der Waals surface area (Å²) < 4.78 is 30.5. The first-order chi connectivity index (χ1) is 12.3. The Hall–Kier alpha value is -1.54. The fraction of sp³-hybridized carbons (Fsp3) is 0.118. The molecule has 3 aromatic rings. The maximum Gasteiger partial charge on any atom is 0.262 e. The van der Waals surface area contributed by atoms with E-state index in [0.717, 1.165) is 15.7 Å². The number of anilines is 1. The second-order valence-electron chi connectivity index (χ2n) is 5.45. The van der Waals surface area contributed by atoms with Crippen molar-refractivity contribution < 1.29 is 8.42 Å². The Labute approximate surface area is 170 Å². The molecular weight excluding hydrogens is 461 g/mol. The van der Waals surface area contributed by atoms with Crippen molar-refractivity contribution >= 4 is 54.8 Å². The summed E-state index contributed by atoms with van der Waals surface area (Å²) in [5, 5.41) is 0.501. The van der Waals surface area contributed by atoms with Crippen LogP contribution >= 0.6 is 39.1 Å². The lowest BCUT2D eigenvalue weighted by Crippen LogP contribution is -2.15. The smallest absolute Gasteiger partial charge is 0.262 e. The van der Waals surface area contributed by atoms with Gasteiger partial charge in [-0.1, -0.05) is 46.1 Å². The highest BCUT2D eigenvalue weighted by atomic mass is 79.9. The van der Waals surface area contributed by atoms with Crippen LogP contribution in [0.15, 0.2) is 58.2 Å². The molecule has 3 rings (SSSR count). The summed E-state index contributed by atoms with van der Waals surface area (Å²) in [5.74, 6) is 0. The lowest BCUT2D eigenvalue weighted by atomic mass is 10.2. The Balaban J connectivity index is 1.88. The van der Waals surface area contributed by atoms with Crippen molar-refractivity contribution in [2.75, 3.05) is 4.72 Å². The first kappa shape index (κ1) is 19.2. The average molecular weight is 475 g/mol. The highest BCUT2D eigenvalue weighted by Crippen LogP contribution is 2.26. The van der Waals surface area contributed by atoms with Crippen molar-refractivity contribution in [2.24, 2.45) is 0 Å². The molecule has 0 atom stereocenters. The van der Waals surface area contributed by atoms with Crippen molar-refractivity contribution in [1.82, 2.24) is 9.55 Å². The number of rotatable bonds is 5. The Kier molecular flexibility index (Phi) is 5.62. The van der Waals surface area contributed by atoms with E-state index in [1.165, 1.54) is 6.33 Å². The van der Waals surface area contributed by atoms with E-state index in [1.807, 2.05) is 13.0 Å². The summed E-state index contributed by atoms with van der Waals surface area (Å²) in [5.41, 5.74) is 1.90. The molecule has 0 spiro atoms. The Morgan fingerprint density at radius 2 is 1.85 bits per heavy atom. The van der Waals surface area contributed by atoms with Crippen molar-refractivity contribution in [3.63, 3.8) is 0 Å². The Bertz CT molecular complexity index is 1050. The minimum absolute atomic E-state index is 0.207.